The zero-order chi connectivity index (χ0) is 20.1. The second kappa shape index (κ2) is 6.85. The summed E-state index contributed by atoms with van der Waals surface area (Å²) in [6.45, 7) is 1.25. The Bertz CT molecular complexity index is 907. The molecule has 0 radical (unpaired) electrons. The van der Waals surface area contributed by atoms with E-state index in [9.17, 15) is 23.1 Å². The molecule has 2 N–H and O–H groups in total. The van der Waals surface area contributed by atoms with Crippen molar-refractivity contribution in [2.75, 3.05) is 31.6 Å². The topological polar surface area (TPSA) is 74.7 Å². The minimum absolute atomic E-state index is 0.0365. The zero-order valence-electron chi connectivity index (χ0n) is 15.2. The van der Waals surface area contributed by atoms with Crippen molar-refractivity contribution in [3.05, 3.63) is 22.6 Å². The maximum absolute atomic E-state index is 13.7. The van der Waals surface area contributed by atoms with E-state index in [0.29, 0.717) is 39.0 Å². The number of pyridine rings is 1. The third-order valence-corrected chi connectivity index (χ3v) is 6.48. The lowest BCUT2D eigenvalue weighted by Gasteiger charge is -2.39. The number of aliphatic hydroxyl groups is 1. The highest BCUT2D eigenvalue weighted by atomic mass is 32.1. The normalized spacial score (nSPS) is 22.2. The molecule has 4 heterocycles. The third kappa shape index (κ3) is 3.33. The second-order valence-corrected chi connectivity index (χ2v) is 8.15. The molecule has 28 heavy (non-hydrogen) atoms. The van der Waals surface area contributed by atoms with Crippen LogP contribution in [0.3, 0.4) is 0 Å². The van der Waals surface area contributed by atoms with Crippen LogP contribution in [0.4, 0.5) is 19.0 Å². The molecule has 152 valence electrons. The number of halogens is 3. The van der Waals surface area contributed by atoms with Gasteiger partial charge in [0.1, 0.15) is 5.82 Å². The van der Waals surface area contributed by atoms with Crippen molar-refractivity contribution >= 4 is 33.3 Å². The van der Waals surface area contributed by atoms with Gasteiger partial charge in [-0.05, 0) is 18.9 Å². The van der Waals surface area contributed by atoms with Crippen LogP contribution in [-0.2, 0) is 10.9 Å². The first-order chi connectivity index (χ1) is 13.2. The number of ether oxygens (including phenoxy) is 1. The number of nitrogens with one attached hydrogen (secondary N) is 1. The lowest BCUT2D eigenvalue weighted by Crippen LogP contribution is -2.44. The average molecular weight is 415 g/mol. The molecule has 6 nitrogen and oxygen atoms in total. The molecule has 2 aromatic rings. The molecular formula is C18H20F3N3O3S. The quantitative estimate of drug-likeness (QED) is 0.789. The molecule has 2 aromatic heterocycles. The van der Waals surface area contributed by atoms with Crippen LogP contribution < -0.4 is 10.2 Å². The fraction of sp³-hybridized carbons (Fsp3) is 0.556. The maximum atomic E-state index is 13.7. The molecule has 1 amide bonds. The Labute approximate surface area is 163 Å². The summed E-state index contributed by atoms with van der Waals surface area (Å²) in [5.41, 5.74) is -0.962. The number of nitrogens with zero attached hydrogens (tertiary/aromatic N) is 2. The van der Waals surface area contributed by atoms with E-state index in [1.165, 1.54) is 12.4 Å². The van der Waals surface area contributed by atoms with Crippen molar-refractivity contribution in [1.29, 1.82) is 0 Å². The van der Waals surface area contributed by atoms with Gasteiger partial charge in [-0.25, -0.2) is 4.98 Å². The highest BCUT2D eigenvalue weighted by molar-refractivity contribution is 7.17. The van der Waals surface area contributed by atoms with Gasteiger partial charge in [-0.1, -0.05) is 0 Å². The van der Waals surface area contributed by atoms with Gasteiger partial charge >= 0.3 is 6.18 Å². The van der Waals surface area contributed by atoms with Crippen LogP contribution in [0.1, 0.15) is 35.2 Å². The fourth-order valence-electron chi connectivity index (χ4n) is 3.98. The van der Waals surface area contributed by atoms with Crippen LogP contribution >= 0.6 is 11.3 Å². The number of fused-ring (bicyclic) bond motifs is 1. The van der Waals surface area contributed by atoms with Gasteiger partial charge in [-0.3, -0.25) is 4.79 Å². The number of piperidine rings is 1. The number of thiophene rings is 1. The Morgan fingerprint density at radius 1 is 1.43 bits per heavy atom. The number of rotatable bonds is 2. The minimum Gasteiger partial charge on any atom is -0.391 e. The summed E-state index contributed by atoms with van der Waals surface area (Å²) in [6.07, 6.45) is -3.27. The number of hydrogen-bond donors (Lipinski definition) is 2. The van der Waals surface area contributed by atoms with Crippen molar-refractivity contribution < 1.29 is 27.8 Å². The van der Waals surface area contributed by atoms with Crippen LogP contribution in [-0.4, -0.2) is 54.4 Å². The smallest absolute Gasteiger partial charge is 0.391 e. The number of amides is 1. The summed E-state index contributed by atoms with van der Waals surface area (Å²) in [5.74, 6) is -0.258. The molecule has 2 fully saturated rings. The lowest BCUT2D eigenvalue weighted by molar-refractivity contribution is -0.136. The van der Waals surface area contributed by atoms with Crippen LogP contribution in [0.5, 0.6) is 0 Å². The van der Waals surface area contributed by atoms with E-state index in [-0.39, 0.29) is 21.6 Å². The molecular weight excluding hydrogens is 395 g/mol. The number of aliphatic hydroxyl groups excluding tert-OH is 1. The highest BCUT2D eigenvalue weighted by Gasteiger charge is 2.43. The number of alkyl halides is 3. The molecule has 0 aromatic carbocycles. The van der Waals surface area contributed by atoms with Crippen LogP contribution in [0.2, 0.25) is 0 Å². The highest BCUT2D eigenvalue weighted by Crippen LogP contribution is 2.42. The van der Waals surface area contributed by atoms with Gasteiger partial charge in [0.25, 0.3) is 5.91 Å². The number of anilines is 1. The van der Waals surface area contributed by atoms with E-state index < -0.39 is 29.4 Å². The Kier molecular flexibility index (Phi) is 4.75. The third-order valence-electron chi connectivity index (χ3n) is 5.47. The zero-order valence-corrected chi connectivity index (χ0v) is 16.0. The van der Waals surface area contributed by atoms with E-state index in [1.54, 1.807) is 4.90 Å². The van der Waals surface area contributed by atoms with E-state index in [0.717, 1.165) is 17.4 Å². The predicted octanol–water partition coefficient (Wildman–Crippen LogP) is 2.79. The Morgan fingerprint density at radius 3 is 2.71 bits per heavy atom. The first kappa shape index (κ1) is 19.4. The maximum Gasteiger partial charge on any atom is 0.417 e. The number of aromatic nitrogens is 1. The van der Waals surface area contributed by atoms with E-state index in [1.807, 2.05) is 0 Å². The molecule has 2 aliphatic heterocycles. The van der Waals surface area contributed by atoms with E-state index in [2.05, 4.69) is 10.3 Å². The summed E-state index contributed by atoms with van der Waals surface area (Å²) < 4.78 is 46.7. The van der Waals surface area contributed by atoms with Gasteiger partial charge in [0, 0.05) is 31.9 Å². The number of hydrogen-bond acceptors (Lipinski definition) is 6. The van der Waals surface area contributed by atoms with Gasteiger partial charge < -0.3 is 20.1 Å². The summed E-state index contributed by atoms with van der Waals surface area (Å²) >= 11 is 0.872. The molecule has 2 saturated heterocycles. The lowest BCUT2D eigenvalue weighted by atomic mass is 9.88. The van der Waals surface area contributed by atoms with Crippen molar-refractivity contribution in [2.24, 2.45) is 0 Å². The Hall–Kier alpha value is -1.91. The monoisotopic (exact) mass is 415 g/mol. The number of carbonyl (C=O) groups is 1. The first-order valence-electron chi connectivity index (χ1n) is 9.01. The molecule has 1 atom stereocenters. The molecule has 0 bridgehead atoms. The molecule has 1 spiro atoms. The Balaban J connectivity index is 1.70. The molecule has 1 unspecified atom stereocenters. The van der Waals surface area contributed by atoms with Crippen LogP contribution in [0, 0.1) is 0 Å². The van der Waals surface area contributed by atoms with Gasteiger partial charge in [-0.2, -0.15) is 13.2 Å². The number of carbonyl (C=O) groups excluding carboxylic acids is 1. The SMILES string of the molecule is CNC(=O)c1csc2c(C(F)(F)F)cc(N3CCC4(CC3)CC(O)CO4)nc12. The minimum atomic E-state index is -4.55. The van der Waals surface area contributed by atoms with Crippen molar-refractivity contribution in [3.8, 4) is 0 Å². The summed E-state index contributed by atoms with van der Waals surface area (Å²) in [5, 5.41) is 13.6. The summed E-state index contributed by atoms with van der Waals surface area (Å²) in [4.78, 5) is 18.3. The predicted molar refractivity (Wildman–Crippen MR) is 98.8 cm³/mol. The van der Waals surface area contributed by atoms with Gasteiger partial charge in [-0.15, -0.1) is 11.3 Å². The van der Waals surface area contributed by atoms with E-state index in [4.69, 9.17) is 4.74 Å². The second-order valence-electron chi connectivity index (χ2n) is 7.27. The van der Waals surface area contributed by atoms with Gasteiger partial charge in [0.15, 0.2) is 0 Å². The summed E-state index contributed by atoms with van der Waals surface area (Å²) in [7, 11) is 1.43. The molecule has 0 saturated carbocycles. The van der Waals surface area contributed by atoms with Crippen molar-refractivity contribution in [3.63, 3.8) is 0 Å². The Morgan fingerprint density at radius 2 is 2.14 bits per heavy atom. The molecule has 2 aliphatic rings. The fourth-order valence-corrected chi connectivity index (χ4v) is 5.00. The van der Waals surface area contributed by atoms with Crippen LogP contribution in [0.15, 0.2) is 11.4 Å². The molecule has 10 heteroatoms. The standard InChI is InChI=1S/C18H20F3N3O3S/c1-22-16(26)11-9-28-15-12(18(19,20)21)6-13(23-14(11)15)24-4-2-17(3-5-24)7-10(25)8-27-17/h6,9-10,25H,2-5,7-8H2,1H3,(H,22,26). The van der Waals surface area contributed by atoms with Crippen LogP contribution in [0.25, 0.3) is 10.2 Å². The van der Waals surface area contributed by atoms with Gasteiger partial charge in [0.05, 0.1) is 39.7 Å². The van der Waals surface area contributed by atoms with E-state index >= 15 is 0 Å². The van der Waals surface area contributed by atoms with Crippen molar-refractivity contribution in [1.82, 2.24) is 10.3 Å². The average Bonchev–Trinajstić information content (AvgIpc) is 3.24. The molecule has 0 aliphatic carbocycles. The largest absolute Gasteiger partial charge is 0.417 e. The molecule has 4 rings (SSSR count). The van der Waals surface area contributed by atoms with Gasteiger partial charge in [0.2, 0.25) is 0 Å². The van der Waals surface area contributed by atoms with Crippen molar-refractivity contribution in [2.45, 2.75) is 37.1 Å². The summed E-state index contributed by atoms with van der Waals surface area (Å²) in [6, 6.07) is 1.06. The first-order valence-corrected chi connectivity index (χ1v) is 9.89.